The van der Waals surface area contributed by atoms with Crippen LogP contribution >= 0.6 is 0 Å². The summed E-state index contributed by atoms with van der Waals surface area (Å²) < 4.78 is 36.9. The van der Waals surface area contributed by atoms with Gasteiger partial charge in [-0.15, -0.1) is 0 Å². The van der Waals surface area contributed by atoms with Crippen molar-refractivity contribution in [2.45, 2.75) is 58.7 Å². The summed E-state index contributed by atoms with van der Waals surface area (Å²) in [5, 5.41) is 4.07. The Hall–Kier alpha value is -4.39. The van der Waals surface area contributed by atoms with Gasteiger partial charge in [-0.2, -0.15) is 18.5 Å². The average Bonchev–Trinajstić information content (AvgIpc) is 3.31. The van der Waals surface area contributed by atoms with Crippen LogP contribution in [0, 0.1) is 19.3 Å². The predicted octanol–water partition coefficient (Wildman–Crippen LogP) is 3.92. The van der Waals surface area contributed by atoms with Gasteiger partial charge in [0.25, 0.3) is 15.9 Å². The number of carbonyl (C=O) groups is 1. The molecule has 1 aliphatic rings. The Labute approximate surface area is 245 Å². The Balaban J connectivity index is 1.68. The van der Waals surface area contributed by atoms with Gasteiger partial charge in [0.1, 0.15) is 12.4 Å². The van der Waals surface area contributed by atoms with Gasteiger partial charge in [0.05, 0.1) is 18.3 Å². The third-order valence-corrected chi connectivity index (χ3v) is 8.29. The molecule has 42 heavy (non-hydrogen) atoms. The van der Waals surface area contributed by atoms with Crippen LogP contribution in [0.2, 0.25) is 0 Å². The van der Waals surface area contributed by atoms with Crippen molar-refractivity contribution in [2.75, 3.05) is 11.3 Å². The summed E-state index contributed by atoms with van der Waals surface area (Å²) in [5.74, 6) is -0.0149. The summed E-state index contributed by atoms with van der Waals surface area (Å²) in [5.41, 5.74) is 3.06. The maximum Gasteiger partial charge on any atom is 0.281 e. The first-order chi connectivity index (χ1) is 19.8. The normalized spacial score (nSPS) is 17.0. The number of benzene rings is 1. The Morgan fingerprint density at radius 3 is 2.38 bits per heavy atom. The molecule has 1 N–H and O–H groups in total. The second-order valence-corrected chi connectivity index (χ2v) is 13.2. The molecule has 0 unspecified atom stereocenters. The zero-order valence-corrected chi connectivity index (χ0v) is 25.3. The number of rotatable bonds is 4. The molecule has 5 rings (SSSR count). The summed E-state index contributed by atoms with van der Waals surface area (Å²) in [6.07, 6.45) is 3.78. The van der Waals surface area contributed by atoms with Gasteiger partial charge in [0.15, 0.2) is 10.7 Å². The highest BCUT2D eigenvalue weighted by molar-refractivity contribution is 7.92. The molecule has 0 radical (unpaired) electrons. The van der Waals surface area contributed by atoms with E-state index in [9.17, 15) is 13.2 Å². The fourth-order valence-corrected chi connectivity index (χ4v) is 6.19. The van der Waals surface area contributed by atoms with Gasteiger partial charge in [-0.05, 0) is 42.9 Å². The lowest BCUT2D eigenvalue weighted by Crippen LogP contribution is -2.45. The lowest BCUT2D eigenvalue weighted by atomic mass is 9.87. The first-order valence-corrected chi connectivity index (χ1v) is 15.0. The van der Waals surface area contributed by atoms with Crippen molar-refractivity contribution in [1.82, 2.24) is 34.6 Å². The SMILES string of the molecule is Cc1cccc(C)c1-c1cc2nc(n1)NS(=O)(=O)c1cc(nn1C)C(=O)N(Cc1ncccn1)[C@H](CC(C)(C)C)CO2. The van der Waals surface area contributed by atoms with Gasteiger partial charge in [-0.1, -0.05) is 39.0 Å². The van der Waals surface area contributed by atoms with Gasteiger partial charge in [-0.25, -0.2) is 19.7 Å². The van der Waals surface area contributed by atoms with E-state index in [-0.39, 0.29) is 41.1 Å². The highest BCUT2D eigenvalue weighted by Gasteiger charge is 2.34. The summed E-state index contributed by atoms with van der Waals surface area (Å²) in [4.78, 5) is 33.2. The minimum atomic E-state index is -4.23. The molecule has 12 nitrogen and oxygen atoms in total. The molecule has 4 aromatic rings. The van der Waals surface area contributed by atoms with Crippen LogP contribution in [0.25, 0.3) is 11.3 Å². The molecule has 3 aromatic heterocycles. The molecule has 1 aliphatic heterocycles. The van der Waals surface area contributed by atoms with Crippen molar-refractivity contribution in [2.24, 2.45) is 12.5 Å². The lowest BCUT2D eigenvalue weighted by molar-refractivity contribution is 0.0499. The number of hydrogen-bond donors (Lipinski definition) is 1. The van der Waals surface area contributed by atoms with E-state index in [4.69, 9.17) is 4.74 Å². The van der Waals surface area contributed by atoms with Crippen LogP contribution in [-0.2, 0) is 23.6 Å². The van der Waals surface area contributed by atoms with Crippen molar-refractivity contribution in [3.05, 3.63) is 71.4 Å². The molecule has 13 heteroatoms. The zero-order chi connectivity index (χ0) is 30.2. The Morgan fingerprint density at radius 2 is 1.71 bits per heavy atom. The van der Waals surface area contributed by atoms with E-state index in [1.807, 2.05) is 32.0 Å². The van der Waals surface area contributed by atoms with Crippen LogP contribution in [0.4, 0.5) is 5.95 Å². The van der Waals surface area contributed by atoms with Crippen molar-refractivity contribution < 1.29 is 17.9 Å². The standard InChI is InChI=1S/C29H34N8O4S/c1-18-9-7-10-19(2)26(18)21-13-24-33-28(32-21)35-42(39,40)25-14-22(34-36(25)6)27(38)37(16-23-30-11-8-12-31-23)20(17-41-24)15-29(3,4)5/h7-14,20H,15-17H2,1-6H3,(H,32,33,35)/t20-/m1/s1. The first-order valence-electron chi connectivity index (χ1n) is 13.5. The zero-order valence-electron chi connectivity index (χ0n) is 24.5. The topological polar surface area (TPSA) is 145 Å². The third kappa shape index (κ3) is 6.25. The molecule has 1 amide bonds. The lowest BCUT2D eigenvalue weighted by Gasteiger charge is -2.35. The van der Waals surface area contributed by atoms with Crippen LogP contribution in [0.3, 0.4) is 0 Å². The molecule has 0 aliphatic carbocycles. The van der Waals surface area contributed by atoms with E-state index in [1.54, 1.807) is 29.4 Å². The average molecular weight is 591 g/mol. The van der Waals surface area contributed by atoms with Gasteiger partial charge in [0.2, 0.25) is 11.8 Å². The van der Waals surface area contributed by atoms with E-state index in [2.05, 4.69) is 50.5 Å². The van der Waals surface area contributed by atoms with Crippen molar-refractivity contribution >= 4 is 21.9 Å². The molecule has 0 saturated carbocycles. The fourth-order valence-electron chi connectivity index (χ4n) is 5.10. The van der Waals surface area contributed by atoms with Crippen molar-refractivity contribution in [3.8, 4) is 17.1 Å². The summed E-state index contributed by atoms with van der Waals surface area (Å²) >= 11 is 0. The number of amides is 1. The summed E-state index contributed by atoms with van der Waals surface area (Å²) in [6, 6.07) is 10.1. The van der Waals surface area contributed by atoms with Gasteiger partial charge in [-0.3, -0.25) is 9.48 Å². The minimum absolute atomic E-state index is 0.0317. The molecule has 0 fully saturated rings. The van der Waals surface area contributed by atoms with E-state index < -0.39 is 22.0 Å². The molecular weight excluding hydrogens is 556 g/mol. The van der Waals surface area contributed by atoms with Crippen LogP contribution < -0.4 is 9.46 Å². The van der Waals surface area contributed by atoms with Gasteiger partial charge >= 0.3 is 0 Å². The number of ether oxygens (including phenoxy) is 1. The monoisotopic (exact) mass is 590 g/mol. The number of anilines is 1. The Bertz CT molecular complexity index is 1710. The van der Waals surface area contributed by atoms with Crippen molar-refractivity contribution in [1.29, 1.82) is 0 Å². The minimum Gasteiger partial charge on any atom is -0.475 e. The first kappa shape index (κ1) is 29.1. The van der Waals surface area contributed by atoms with Crippen LogP contribution in [-0.4, -0.2) is 61.6 Å². The van der Waals surface area contributed by atoms with E-state index in [1.165, 1.54) is 13.1 Å². The Kier molecular flexibility index (Phi) is 7.71. The molecule has 1 aromatic carbocycles. The number of aryl methyl sites for hydroxylation is 3. The Morgan fingerprint density at radius 1 is 1.02 bits per heavy atom. The molecule has 1 atom stereocenters. The molecular formula is C29H34N8O4S. The maximum atomic E-state index is 14.0. The fraction of sp³-hybridized carbons (Fsp3) is 0.379. The third-order valence-electron chi connectivity index (χ3n) is 6.90. The number of sulfonamides is 1. The number of aromatic nitrogens is 6. The molecule has 220 valence electrons. The maximum absolute atomic E-state index is 14.0. The van der Waals surface area contributed by atoms with Crippen LogP contribution in [0.15, 0.2) is 53.8 Å². The number of carbonyl (C=O) groups excluding carboxylic acids is 1. The van der Waals surface area contributed by atoms with E-state index in [0.29, 0.717) is 17.9 Å². The highest BCUT2D eigenvalue weighted by Crippen LogP contribution is 2.31. The van der Waals surface area contributed by atoms with E-state index >= 15 is 0 Å². The van der Waals surface area contributed by atoms with Gasteiger partial charge < -0.3 is 9.64 Å². The number of nitrogens with one attached hydrogen (secondary N) is 1. The summed E-state index contributed by atoms with van der Waals surface area (Å²) in [6.45, 7) is 10.3. The second kappa shape index (κ2) is 11.1. The summed E-state index contributed by atoms with van der Waals surface area (Å²) in [7, 11) is -2.76. The smallest absolute Gasteiger partial charge is 0.281 e. The van der Waals surface area contributed by atoms with Crippen molar-refractivity contribution in [3.63, 3.8) is 0 Å². The molecule has 4 heterocycles. The van der Waals surface area contributed by atoms with Gasteiger partial charge in [0, 0.05) is 37.1 Å². The molecule has 0 spiro atoms. The number of hydrogen-bond acceptors (Lipinski definition) is 9. The largest absolute Gasteiger partial charge is 0.475 e. The molecule has 0 saturated heterocycles. The quantitative estimate of drug-likeness (QED) is 0.374. The number of fused-ring (bicyclic) bond motifs is 4. The highest BCUT2D eigenvalue weighted by atomic mass is 32.2. The predicted molar refractivity (Wildman–Crippen MR) is 156 cm³/mol. The second-order valence-electron chi connectivity index (χ2n) is 11.6. The molecule has 4 bridgehead atoms. The van der Waals surface area contributed by atoms with Crippen LogP contribution in [0.5, 0.6) is 5.88 Å². The number of nitrogens with zero attached hydrogens (tertiary/aromatic N) is 7. The van der Waals surface area contributed by atoms with E-state index in [0.717, 1.165) is 21.4 Å². The van der Waals surface area contributed by atoms with Crippen LogP contribution in [0.1, 0.15) is 54.6 Å².